The van der Waals surface area contributed by atoms with E-state index in [1.54, 1.807) is 48.5 Å². The average molecular weight is 558 g/mol. The van der Waals surface area contributed by atoms with Gasteiger partial charge >= 0.3 is 5.97 Å². The van der Waals surface area contributed by atoms with Crippen LogP contribution in [0, 0.1) is 24.2 Å². The van der Waals surface area contributed by atoms with E-state index in [9.17, 15) is 19.6 Å². The van der Waals surface area contributed by atoms with Crippen molar-refractivity contribution < 1.29 is 19.1 Å². The molecule has 1 aliphatic rings. The summed E-state index contributed by atoms with van der Waals surface area (Å²) >= 11 is 0. The third-order valence-electron chi connectivity index (χ3n) is 7.82. The summed E-state index contributed by atoms with van der Waals surface area (Å²) < 4.78 is 5.32. The fourth-order valence-electron chi connectivity index (χ4n) is 5.78. The van der Waals surface area contributed by atoms with Gasteiger partial charge in [-0.15, -0.1) is 0 Å². The second-order valence-corrected chi connectivity index (χ2v) is 10.4. The van der Waals surface area contributed by atoms with Crippen LogP contribution >= 0.6 is 0 Å². The minimum absolute atomic E-state index is 0.259. The number of methoxy groups -OCH3 is 1. The van der Waals surface area contributed by atoms with E-state index >= 15 is 0 Å². The zero-order valence-electron chi connectivity index (χ0n) is 23.4. The Hall–Kier alpha value is -5.22. The van der Waals surface area contributed by atoms with Gasteiger partial charge in [0, 0.05) is 18.0 Å². The van der Waals surface area contributed by atoms with Crippen LogP contribution in [0.2, 0.25) is 0 Å². The van der Waals surface area contributed by atoms with Gasteiger partial charge in [0.2, 0.25) is 5.91 Å². The molecule has 0 aromatic heterocycles. The Kier molecular flexibility index (Phi) is 8.44. The van der Waals surface area contributed by atoms with E-state index in [4.69, 9.17) is 4.74 Å². The molecule has 0 radical (unpaired) electrons. The predicted octanol–water partition coefficient (Wildman–Crippen LogP) is 5.32. The van der Waals surface area contributed by atoms with Crippen molar-refractivity contribution in [2.75, 3.05) is 7.11 Å². The highest BCUT2D eigenvalue weighted by molar-refractivity contribution is 6.00. The average Bonchev–Trinajstić information content (AvgIpc) is 3.40. The minimum atomic E-state index is -1.03. The molecule has 7 heteroatoms. The normalized spacial score (nSPS) is 19.5. The fourth-order valence-corrected chi connectivity index (χ4v) is 5.78. The summed E-state index contributed by atoms with van der Waals surface area (Å²) in [6.07, 6.45) is 0. The van der Waals surface area contributed by atoms with Crippen molar-refractivity contribution in [3.05, 3.63) is 143 Å². The maximum absolute atomic E-state index is 14.4. The van der Waals surface area contributed by atoms with Crippen LogP contribution in [-0.4, -0.2) is 35.8 Å². The van der Waals surface area contributed by atoms with Crippen LogP contribution in [0.4, 0.5) is 0 Å². The van der Waals surface area contributed by atoms with E-state index in [1.165, 1.54) is 12.0 Å². The number of carbonyl (C=O) groups is 3. The van der Waals surface area contributed by atoms with Crippen molar-refractivity contribution in [3.63, 3.8) is 0 Å². The summed E-state index contributed by atoms with van der Waals surface area (Å²) in [5, 5.41) is 12.4. The monoisotopic (exact) mass is 557 g/mol. The lowest BCUT2D eigenvalue weighted by molar-refractivity contribution is -0.146. The molecule has 4 atom stereocenters. The zero-order chi connectivity index (χ0) is 29.6. The van der Waals surface area contributed by atoms with Crippen molar-refractivity contribution in [1.82, 2.24) is 10.2 Å². The number of hydrogen-bond donors (Lipinski definition) is 1. The van der Waals surface area contributed by atoms with Gasteiger partial charge in [-0.2, -0.15) is 5.26 Å². The molecule has 0 saturated carbocycles. The van der Waals surface area contributed by atoms with E-state index in [0.29, 0.717) is 16.7 Å². The molecule has 2 amide bonds. The molecule has 42 heavy (non-hydrogen) atoms. The third-order valence-corrected chi connectivity index (χ3v) is 7.82. The number of carbonyl (C=O) groups excluding carboxylic acids is 3. The van der Waals surface area contributed by atoms with Crippen LogP contribution in [-0.2, 0) is 20.9 Å². The van der Waals surface area contributed by atoms with Crippen molar-refractivity contribution in [1.29, 1.82) is 5.26 Å². The second-order valence-electron chi connectivity index (χ2n) is 10.4. The molecule has 0 spiro atoms. The van der Waals surface area contributed by atoms with Gasteiger partial charge in [0.1, 0.15) is 6.04 Å². The smallest absolute Gasteiger partial charge is 0.311 e. The predicted molar refractivity (Wildman–Crippen MR) is 158 cm³/mol. The van der Waals surface area contributed by atoms with Crippen LogP contribution in [0.3, 0.4) is 0 Å². The van der Waals surface area contributed by atoms with Crippen LogP contribution in [0.1, 0.15) is 50.1 Å². The molecule has 4 aromatic rings. The summed E-state index contributed by atoms with van der Waals surface area (Å²) in [4.78, 5) is 43.8. The van der Waals surface area contributed by atoms with Crippen LogP contribution in [0.5, 0.6) is 0 Å². The number of benzene rings is 4. The summed E-state index contributed by atoms with van der Waals surface area (Å²) in [5.74, 6) is -2.89. The number of nitrogens with zero attached hydrogens (tertiary/aromatic N) is 2. The summed E-state index contributed by atoms with van der Waals surface area (Å²) in [6, 6.07) is 32.9. The molecule has 210 valence electrons. The van der Waals surface area contributed by atoms with Crippen LogP contribution in [0.25, 0.3) is 0 Å². The summed E-state index contributed by atoms with van der Waals surface area (Å²) in [5.41, 5.74) is 4.23. The van der Waals surface area contributed by atoms with Gasteiger partial charge in [-0.25, -0.2) is 0 Å². The maximum Gasteiger partial charge on any atom is 0.311 e. The number of amides is 2. The van der Waals surface area contributed by atoms with E-state index in [0.717, 1.165) is 16.7 Å². The number of esters is 1. The van der Waals surface area contributed by atoms with Gasteiger partial charge in [0.05, 0.1) is 30.7 Å². The number of nitriles is 1. The van der Waals surface area contributed by atoms with Crippen molar-refractivity contribution >= 4 is 17.8 Å². The lowest BCUT2D eigenvalue weighted by Crippen LogP contribution is -2.48. The Morgan fingerprint density at radius 2 is 1.45 bits per heavy atom. The maximum atomic E-state index is 14.4. The van der Waals surface area contributed by atoms with Crippen LogP contribution in [0.15, 0.2) is 109 Å². The highest BCUT2D eigenvalue weighted by Crippen LogP contribution is 2.51. The Bertz CT molecular complexity index is 1600. The van der Waals surface area contributed by atoms with Crippen molar-refractivity contribution in [2.45, 2.75) is 31.5 Å². The van der Waals surface area contributed by atoms with Crippen molar-refractivity contribution in [2.24, 2.45) is 5.92 Å². The van der Waals surface area contributed by atoms with Gasteiger partial charge in [0.15, 0.2) is 0 Å². The van der Waals surface area contributed by atoms with Gasteiger partial charge < -0.3 is 15.0 Å². The minimum Gasteiger partial charge on any atom is -0.469 e. The Labute approximate surface area is 245 Å². The molecule has 1 heterocycles. The van der Waals surface area contributed by atoms with Crippen molar-refractivity contribution in [3.8, 4) is 6.07 Å². The Balaban J connectivity index is 1.67. The molecular formula is C35H31N3O4. The van der Waals surface area contributed by atoms with Gasteiger partial charge in [0.25, 0.3) is 5.91 Å². The van der Waals surface area contributed by atoms with E-state index < -0.39 is 29.9 Å². The zero-order valence-corrected chi connectivity index (χ0v) is 23.4. The molecule has 0 aliphatic carbocycles. The topological polar surface area (TPSA) is 99.5 Å². The number of hydrogen-bond acceptors (Lipinski definition) is 5. The molecule has 1 N–H and O–H groups in total. The molecular weight excluding hydrogens is 526 g/mol. The number of ether oxygens (including phenoxy) is 1. The number of likely N-dealkylation sites (tertiary alicyclic amines) is 1. The first-order valence-electron chi connectivity index (χ1n) is 13.8. The Morgan fingerprint density at radius 1 is 0.833 bits per heavy atom. The fraction of sp³-hybridized carbons (Fsp3) is 0.200. The summed E-state index contributed by atoms with van der Waals surface area (Å²) in [6.45, 7) is 2.25. The quantitative estimate of drug-likeness (QED) is 0.310. The third kappa shape index (κ3) is 5.65. The highest BCUT2D eigenvalue weighted by atomic mass is 16.5. The molecule has 4 aromatic carbocycles. The van der Waals surface area contributed by atoms with Crippen LogP contribution < -0.4 is 5.32 Å². The SMILES string of the molecule is COC(=O)C1C(c2ccccc2)C(C(=O)NCc2ccc(C)cc2)N(C(=O)c2ccccc2)C1c1ccc(C#N)cc1. The molecule has 0 bridgehead atoms. The molecule has 7 nitrogen and oxygen atoms in total. The molecule has 4 unspecified atom stereocenters. The van der Waals surface area contributed by atoms with Gasteiger partial charge in [-0.1, -0.05) is 90.5 Å². The van der Waals surface area contributed by atoms with Gasteiger partial charge in [-0.05, 0) is 47.9 Å². The first-order valence-corrected chi connectivity index (χ1v) is 13.8. The lowest BCUT2D eigenvalue weighted by Gasteiger charge is -2.31. The first-order chi connectivity index (χ1) is 20.4. The second kappa shape index (κ2) is 12.5. The lowest BCUT2D eigenvalue weighted by atomic mass is 9.79. The van der Waals surface area contributed by atoms with E-state index in [1.807, 2.05) is 67.6 Å². The molecule has 5 rings (SSSR count). The number of rotatable bonds is 7. The highest BCUT2D eigenvalue weighted by Gasteiger charge is 2.58. The molecule has 1 saturated heterocycles. The summed E-state index contributed by atoms with van der Waals surface area (Å²) in [7, 11) is 1.31. The Morgan fingerprint density at radius 3 is 2.05 bits per heavy atom. The molecule has 1 aliphatic heterocycles. The van der Waals surface area contributed by atoms with Gasteiger partial charge in [-0.3, -0.25) is 14.4 Å². The molecule has 1 fully saturated rings. The number of aryl methyl sites for hydroxylation is 1. The van der Waals surface area contributed by atoms with E-state index in [2.05, 4.69) is 11.4 Å². The standard InChI is InChI=1S/C35H31N3O4/c1-23-13-15-25(16-14-23)22-37-33(39)32-29(26-9-5-3-6-10-26)30(35(41)42-2)31(27-19-17-24(21-36)18-20-27)38(32)34(40)28-11-7-4-8-12-28/h3-20,29-32H,22H2,1-2H3,(H,37,39). The number of nitrogens with one attached hydrogen (secondary N) is 1. The first kappa shape index (κ1) is 28.3. The largest absolute Gasteiger partial charge is 0.469 e. The van der Waals surface area contributed by atoms with E-state index in [-0.39, 0.29) is 18.4 Å².